The largest absolute Gasteiger partial charge is 0.480 e. The molecule has 1 amide bonds. The van der Waals surface area contributed by atoms with Gasteiger partial charge in [0.1, 0.15) is 11.8 Å². The maximum absolute atomic E-state index is 12.6. The van der Waals surface area contributed by atoms with E-state index in [9.17, 15) is 14.7 Å². The minimum absolute atomic E-state index is 0.200. The molecule has 2 aromatic rings. The first-order valence-corrected chi connectivity index (χ1v) is 7.88. The van der Waals surface area contributed by atoms with Crippen LogP contribution in [0.3, 0.4) is 0 Å². The Bertz CT molecular complexity index is 690. The maximum Gasteiger partial charge on any atom is 0.326 e. The van der Waals surface area contributed by atoms with Gasteiger partial charge in [0.2, 0.25) is 5.91 Å². The first-order chi connectivity index (χ1) is 11.4. The van der Waals surface area contributed by atoms with Crippen molar-refractivity contribution in [2.45, 2.75) is 46.2 Å². The van der Waals surface area contributed by atoms with Gasteiger partial charge in [-0.05, 0) is 32.8 Å². The van der Waals surface area contributed by atoms with Crippen molar-refractivity contribution in [3.63, 3.8) is 0 Å². The van der Waals surface area contributed by atoms with Gasteiger partial charge in [-0.1, -0.05) is 35.5 Å². The number of carboxylic acid groups (broad SMARTS) is 1. The molecule has 0 spiro atoms. The number of aliphatic carboxylic acids is 1. The van der Waals surface area contributed by atoms with Crippen molar-refractivity contribution in [1.82, 2.24) is 10.1 Å². The van der Waals surface area contributed by atoms with Gasteiger partial charge in [0.15, 0.2) is 0 Å². The van der Waals surface area contributed by atoms with E-state index >= 15 is 0 Å². The lowest BCUT2D eigenvalue weighted by Crippen LogP contribution is -2.42. The fraction of sp³-hybridized carbons (Fsp3) is 0.389. The van der Waals surface area contributed by atoms with E-state index in [0.717, 1.165) is 16.8 Å². The van der Waals surface area contributed by atoms with E-state index in [1.807, 2.05) is 37.3 Å². The number of aryl methyl sites for hydroxylation is 2. The molecule has 6 heteroatoms. The van der Waals surface area contributed by atoms with Crippen LogP contribution in [0, 0.1) is 13.8 Å². The Kier molecular flexibility index (Phi) is 5.73. The van der Waals surface area contributed by atoms with Crippen LogP contribution < -0.4 is 0 Å². The van der Waals surface area contributed by atoms with Crippen LogP contribution in [0.2, 0.25) is 0 Å². The lowest BCUT2D eigenvalue weighted by molar-refractivity contribution is -0.150. The van der Waals surface area contributed by atoms with Gasteiger partial charge in [0.25, 0.3) is 0 Å². The predicted octanol–water partition coefficient (Wildman–Crippen LogP) is 2.73. The fourth-order valence-corrected chi connectivity index (χ4v) is 2.59. The molecule has 0 saturated carbocycles. The summed E-state index contributed by atoms with van der Waals surface area (Å²) in [6.07, 6.45) is 0.699. The highest BCUT2D eigenvalue weighted by Crippen LogP contribution is 2.17. The number of hydrogen-bond donors (Lipinski definition) is 1. The third kappa shape index (κ3) is 4.22. The number of rotatable bonds is 7. The van der Waals surface area contributed by atoms with Gasteiger partial charge in [-0.2, -0.15) is 0 Å². The standard InChI is InChI=1S/C18H22N2O4/c1-12-16(14(3)24-19-12)9-10-17(21)20(13(2)18(22)23)11-15-7-5-4-6-8-15/h4-8,13H,9-11H2,1-3H3,(H,22,23). The molecular formula is C18H22N2O4. The Morgan fingerprint density at radius 1 is 1.25 bits per heavy atom. The summed E-state index contributed by atoms with van der Waals surface area (Å²) in [5, 5.41) is 13.2. The highest BCUT2D eigenvalue weighted by Gasteiger charge is 2.26. The smallest absolute Gasteiger partial charge is 0.326 e. The Morgan fingerprint density at radius 3 is 2.46 bits per heavy atom. The van der Waals surface area contributed by atoms with E-state index in [-0.39, 0.29) is 18.9 Å². The molecule has 1 heterocycles. The van der Waals surface area contributed by atoms with Crippen LogP contribution in [-0.4, -0.2) is 33.1 Å². The molecular weight excluding hydrogens is 308 g/mol. The monoisotopic (exact) mass is 330 g/mol. The van der Waals surface area contributed by atoms with E-state index in [0.29, 0.717) is 12.2 Å². The van der Waals surface area contributed by atoms with E-state index in [1.165, 1.54) is 11.8 Å². The second-order valence-corrected chi connectivity index (χ2v) is 5.82. The average Bonchev–Trinajstić information content (AvgIpc) is 2.89. The minimum atomic E-state index is -1.02. The molecule has 1 N–H and O–H groups in total. The molecule has 6 nitrogen and oxygen atoms in total. The molecule has 1 unspecified atom stereocenters. The Labute approximate surface area is 141 Å². The summed E-state index contributed by atoms with van der Waals surface area (Å²) in [7, 11) is 0. The highest BCUT2D eigenvalue weighted by atomic mass is 16.5. The molecule has 1 aromatic heterocycles. The summed E-state index contributed by atoms with van der Waals surface area (Å²) in [6, 6.07) is 8.49. The minimum Gasteiger partial charge on any atom is -0.480 e. The Balaban J connectivity index is 2.11. The molecule has 0 radical (unpaired) electrons. The SMILES string of the molecule is Cc1noc(C)c1CCC(=O)N(Cc1ccccc1)C(C)C(=O)O. The molecule has 128 valence electrons. The number of nitrogens with zero attached hydrogens (tertiary/aromatic N) is 2. The van der Waals surface area contributed by atoms with Crippen molar-refractivity contribution in [2.24, 2.45) is 0 Å². The van der Waals surface area contributed by atoms with E-state index in [4.69, 9.17) is 4.52 Å². The van der Waals surface area contributed by atoms with Crippen LogP contribution >= 0.6 is 0 Å². The van der Waals surface area contributed by atoms with Gasteiger partial charge in [0, 0.05) is 18.5 Å². The molecule has 0 aliphatic heterocycles. The number of carbonyl (C=O) groups is 2. The van der Waals surface area contributed by atoms with Crippen molar-refractivity contribution in [3.05, 3.63) is 52.9 Å². The molecule has 0 aliphatic rings. The molecule has 1 aromatic carbocycles. The van der Waals surface area contributed by atoms with Gasteiger partial charge >= 0.3 is 5.97 Å². The number of carboxylic acids is 1. The topological polar surface area (TPSA) is 83.6 Å². The zero-order chi connectivity index (χ0) is 17.7. The summed E-state index contributed by atoms with van der Waals surface area (Å²) < 4.78 is 5.10. The van der Waals surface area contributed by atoms with Crippen LogP contribution in [0.4, 0.5) is 0 Å². The first kappa shape index (κ1) is 17.7. The van der Waals surface area contributed by atoms with Crippen LogP contribution in [0.5, 0.6) is 0 Å². The van der Waals surface area contributed by atoms with Crippen LogP contribution in [0.25, 0.3) is 0 Å². The summed E-state index contributed by atoms with van der Waals surface area (Å²) in [5.74, 6) is -0.522. The lowest BCUT2D eigenvalue weighted by Gasteiger charge is -2.26. The molecule has 0 saturated heterocycles. The van der Waals surface area contributed by atoms with Gasteiger partial charge in [0.05, 0.1) is 5.69 Å². The van der Waals surface area contributed by atoms with Crippen LogP contribution in [0.15, 0.2) is 34.9 Å². The zero-order valence-corrected chi connectivity index (χ0v) is 14.2. The third-order valence-electron chi connectivity index (χ3n) is 4.11. The van der Waals surface area contributed by atoms with Crippen molar-refractivity contribution in [2.75, 3.05) is 0 Å². The van der Waals surface area contributed by atoms with E-state index in [2.05, 4.69) is 5.16 Å². The summed E-state index contributed by atoms with van der Waals surface area (Å²) in [5.41, 5.74) is 2.57. The molecule has 0 aliphatic carbocycles. The molecule has 1 atom stereocenters. The highest BCUT2D eigenvalue weighted by molar-refractivity contribution is 5.83. The van der Waals surface area contributed by atoms with E-state index < -0.39 is 12.0 Å². The number of hydrogen-bond acceptors (Lipinski definition) is 4. The van der Waals surface area contributed by atoms with Gasteiger partial charge in [-0.3, -0.25) is 4.79 Å². The number of benzene rings is 1. The van der Waals surface area contributed by atoms with Crippen LogP contribution in [0.1, 0.15) is 35.9 Å². The Morgan fingerprint density at radius 2 is 1.92 bits per heavy atom. The van der Waals surface area contributed by atoms with Crippen molar-refractivity contribution >= 4 is 11.9 Å². The van der Waals surface area contributed by atoms with E-state index in [1.54, 1.807) is 6.92 Å². The summed E-state index contributed by atoms with van der Waals surface area (Å²) in [4.78, 5) is 25.4. The van der Waals surface area contributed by atoms with Crippen molar-refractivity contribution in [1.29, 1.82) is 0 Å². The first-order valence-electron chi connectivity index (χ1n) is 7.88. The second kappa shape index (κ2) is 7.77. The summed E-state index contributed by atoms with van der Waals surface area (Å²) >= 11 is 0. The number of carbonyl (C=O) groups excluding carboxylic acids is 1. The summed E-state index contributed by atoms with van der Waals surface area (Å²) in [6.45, 7) is 5.44. The number of aromatic nitrogens is 1. The van der Waals surface area contributed by atoms with Gasteiger partial charge in [-0.25, -0.2) is 4.79 Å². The molecule has 0 bridgehead atoms. The predicted molar refractivity (Wildman–Crippen MR) is 88.4 cm³/mol. The quantitative estimate of drug-likeness (QED) is 0.844. The Hall–Kier alpha value is -2.63. The van der Waals surface area contributed by atoms with Crippen molar-refractivity contribution in [3.8, 4) is 0 Å². The zero-order valence-electron chi connectivity index (χ0n) is 14.2. The average molecular weight is 330 g/mol. The van der Waals surface area contributed by atoms with Gasteiger partial charge in [-0.15, -0.1) is 0 Å². The second-order valence-electron chi connectivity index (χ2n) is 5.82. The number of amides is 1. The maximum atomic E-state index is 12.6. The van der Waals surface area contributed by atoms with Gasteiger partial charge < -0.3 is 14.5 Å². The molecule has 24 heavy (non-hydrogen) atoms. The lowest BCUT2D eigenvalue weighted by atomic mass is 10.1. The molecule has 0 fully saturated rings. The fourth-order valence-electron chi connectivity index (χ4n) is 2.59. The third-order valence-corrected chi connectivity index (χ3v) is 4.11. The van der Waals surface area contributed by atoms with Crippen LogP contribution in [-0.2, 0) is 22.6 Å². The van der Waals surface area contributed by atoms with Crippen molar-refractivity contribution < 1.29 is 19.2 Å². The molecule has 2 rings (SSSR count). The normalized spacial score (nSPS) is 12.0.